The molecule has 19 heavy (non-hydrogen) atoms. The minimum atomic E-state index is -0.162. The monoisotopic (exact) mass is 259 g/mol. The highest BCUT2D eigenvalue weighted by atomic mass is 16.5. The van der Waals surface area contributed by atoms with Gasteiger partial charge in [0.25, 0.3) is 0 Å². The first kappa shape index (κ1) is 13.9. The number of benzene rings is 1. The van der Waals surface area contributed by atoms with E-state index in [0.29, 0.717) is 6.61 Å². The Morgan fingerprint density at radius 3 is 2.63 bits per heavy atom. The molecule has 0 radical (unpaired) electrons. The van der Waals surface area contributed by atoms with Crippen LogP contribution in [0.1, 0.15) is 38.2 Å². The van der Waals surface area contributed by atoms with Crippen molar-refractivity contribution in [2.24, 2.45) is 0 Å². The summed E-state index contributed by atoms with van der Waals surface area (Å²) < 4.78 is 11.1. The van der Waals surface area contributed by atoms with Crippen LogP contribution in [-0.2, 0) is 11.3 Å². The lowest BCUT2D eigenvalue weighted by molar-refractivity contribution is 0.0427. The van der Waals surface area contributed by atoms with Gasteiger partial charge in [-0.25, -0.2) is 6.57 Å². The summed E-state index contributed by atoms with van der Waals surface area (Å²) in [6, 6.07) is 7.94. The van der Waals surface area contributed by atoms with Gasteiger partial charge in [0.05, 0.1) is 26.2 Å². The second kappa shape index (κ2) is 6.08. The SMILES string of the molecule is [C-]#[N+]C1(CC)CCC(OCc2ccc(OC)cc2)C1. The molecular weight excluding hydrogens is 238 g/mol. The molecule has 1 aliphatic rings. The fourth-order valence-electron chi connectivity index (χ4n) is 2.64. The lowest BCUT2D eigenvalue weighted by Crippen LogP contribution is -2.20. The van der Waals surface area contributed by atoms with Gasteiger partial charge in [0.2, 0.25) is 5.54 Å². The summed E-state index contributed by atoms with van der Waals surface area (Å²) in [5.74, 6) is 0.864. The number of hydrogen-bond acceptors (Lipinski definition) is 2. The molecule has 3 nitrogen and oxygen atoms in total. The number of methoxy groups -OCH3 is 1. The van der Waals surface area contributed by atoms with Gasteiger partial charge in [-0.2, -0.15) is 0 Å². The first-order chi connectivity index (χ1) is 9.21. The maximum Gasteiger partial charge on any atom is 0.235 e. The van der Waals surface area contributed by atoms with Gasteiger partial charge in [-0.05, 0) is 24.1 Å². The van der Waals surface area contributed by atoms with E-state index >= 15 is 0 Å². The van der Waals surface area contributed by atoms with E-state index in [1.54, 1.807) is 7.11 Å². The van der Waals surface area contributed by atoms with E-state index in [1.807, 2.05) is 24.3 Å². The largest absolute Gasteiger partial charge is 0.497 e. The maximum atomic E-state index is 7.33. The van der Waals surface area contributed by atoms with Crippen LogP contribution in [0.2, 0.25) is 0 Å². The van der Waals surface area contributed by atoms with Crippen LogP contribution in [0, 0.1) is 6.57 Å². The molecule has 2 atom stereocenters. The molecule has 0 saturated heterocycles. The summed E-state index contributed by atoms with van der Waals surface area (Å²) in [4.78, 5) is 3.82. The fraction of sp³-hybridized carbons (Fsp3) is 0.562. The van der Waals surface area contributed by atoms with Crippen LogP contribution in [-0.4, -0.2) is 18.8 Å². The Labute approximate surface area is 115 Å². The standard InChI is InChI=1S/C16H21NO2/c1-4-16(17-2)10-9-15(11-16)19-12-13-5-7-14(18-3)8-6-13/h5-8,15H,4,9-12H2,1,3H3. The second-order valence-corrected chi connectivity index (χ2v) is 5.21. The van der Waals surface area contributed by atoms with Crippen molar-refractivity contribution in [3.05, 3.63) is 41.2 Å². The summed E-state index contributed by atoms with van der Waals surface area (Å²) >= 11 is 0. The Morgan fingerprint density at radius 2 is 2.11 bits per heavy atom. The lowest BCUT2D eigenvalue weighted by Gasteiger charge is -2.14. The zero-order valence-corrected chi connectivity index (χ0v) is 11.7. The Hall–Kier alpha value is -1.53. The molecule has 0 N–H and O–H groups in total. The van der Waals surface area contributed by atoms with Crippen molar-refractivity contribution < 1.29 is 9.47 Å². The lowest BCUT2D eigenvalue weighted by atomic mass is 9.95. The van der Waals surface area contributed by atoms with Gasteiger partial charge in [0, 0.05) is 12.8 Å². The third kappa shape index (κ3) is 3.27. The first-order valence-electron chi connectivity index (χ1n) is 6.84. The summed E-state index contributed by atoms with van der Waals surface area (Å²) in [5.41, 5.74) is 0.988. The summed E-state index contributed by atoms with van der Waals surface area (Å²) in [6.07, 6.45) is 4.02. The highest BCUT2D eigenvalue weighted by molar-refractivity contribution is 5.26. The molecule has 2 rings (SSSR count). The van der Waals surface area contributed by atoms with E-state index in [-0.39, 0.29) is 11.6 Å². The Morgan fingerprint density at radius 1 is 1.37 bits per heavy atom. The van der Waals surface area contributed by atoms with Gasteiger partial charge in [-0.3, -0.25) is 0 Å². The van der Waals surface area contributed by atoms with E-state index in [9.17, 15) is 0 Å². The third-order valence-corrected chi connectivity index (χ3v) is 4.08. The molecule has 0 bridgehead atoms. The average Bonchev–Trinajstić information content (AvgIpc) is 2.90. The molecule has 0 heterocycles. The highest BCUT2D eigenvalue weighted by Gasteiger charge is 2.43. The molecule has 0 aromatic heterocycles. The van der Waals surface area contributed by atoms with Crippen LogP contribution in [0.5, 0.6) is 5.75 Å². The van der Waals surface area contributed by atoms with Crippen molar-refractivity contribution in [2.45, 2.75) is 50.9 Å². The molecule has 0 amide bonds. The summed E-state index contributed by atoms with van der Waals surface area (Å²) in [5, 5.41) is 0. The van der Waals surface area contributed by atoms with Crippen LogP contribution >= 0.6 is 0 Å². The van der Waals surface area contributed by atoms with Gasteiger partial charge >= 0.3 is 0 Å². The first-order valence-corrected chi connectivity index (χ1v) is 6.84. The van der Waals surface area contributed by atoms with Gasteiger partial charge in [-0.15, -0.1) is 0 Å². The zero-order chi connectivity index (χ0) is 13.7. The Balaban J connectivity index is 1.85. The van der Waals surface area contributed by atoms with Crippen LogP contribution in [0.15, 0.2) is 24.3 Å². The molecule has 2 unspecified atom stereocenters. The average molecular weight is 259 g/mol. The van der Waals surface area contributed by atoms with Crippen molar-refractivity contribution in [1.82, 2.24) is 0 Å². The molecule has 3 heteroatoms. The van der Waals surface area contributed by atoms with Crippen LogP contribution in [0.4, 0.5) is 0 Å². The van der Waals surface area contributed by atoms with Crippen LogP contribution in [0.3, 0.4) is 0 Å². The Bertz CT molecular complexity index is 449. The van der Waals surface area contributed by atoms with Gasteiger partial charge in [-0.1, -0.05) is 19.1 Å². The topological polar surface area (TPSA) is 22.8 Å². The smallest absolute Gasteiger partial charge is 0.235 e. The quantitative estimate of drug-likeness (QED) is 0.750. The van der Waals surface area contributed by atoms with Gasteiger partial charge in [0.1, 0.15) is 5.75 Å². The second-order valence-electron chi connectivity index (χ2n) is 5.21. The number of nitrogens with zero attached hydrogens (tertiary/aromatic N) is 1. The molecule has 1 saturated carbocycles. The van der Waals surface area contributed by atoms with E-state index in [1.165, 1.54) is 0 Å². The van der Waals surface area contributed by atoms with Crippen molar-refractivity contribution in [1.29, 1.82) is 0 Å². The molecule has 1 fully saturated rings. The molecule has 0 spiro atoms. The third-order valence-electron chi connectivity index (χ3n) is 4.08. The molecular formula is C16H21NO2. The zero-order valence-electron chi connectivity index (χ0n) is 11.7. The number of hydrogen-bond donors (Lipinski definition) is 0. The normalized spacial score (nSPS) is 26.1. The summed E-state index contributed by atoms with van der Waals surface area (Å²) in [6.45, 7) is 10.1. The van der Waals surface area contributed by atoms with E-state index in [4.69, 9.17) is 16.0 Å². The van der Waals surface area contributed by atoms with Crippen molar-refractivity contribution >= 4 is 0 Å². The predicted octanol–water partition coefficient (Wildman–Crippen LogP) is 3.83. The minimum absolute atomic E-state index is 0.162. The molecule has 1 aromatic carbocycles. The summed E-state index contributed by atoms with van der Waals surface area (Å²) in [7, 11) is 1.67. The molecule has 102 valence electrons. The van der Waals surface area contributed by atoms with Crippen molar-refractivity contribution in [3.63, 3.8) is 0 Å². The van der Waals surface area contributed by atoms with Crippen molar-refractivity contribution in [2.75, 3.05) is 7.11 Å². The Kier molecular flexibility index (Phi) is 4.44. The van der Waals surface area contributed by atoms with Gasteiger partial charge in [0.15, 0.2) is 0 Å². The predicted molar refractivity (Wildman–Crippen MR) is 75.0 cm³/mol. The van der Waals surface area contributed by atoms with E-state index in [2.05, 4.69) is 11.8 Å². The number of ether oxygens (including phenoxy) is 2. The van der Waals surface area contributed by atoms with E-state index in [0.717, 1.165) is 37.0 Å². The molecule has 0 aliphatic heterocycles. The van der Waals surface area contributed by atoms with Crippen molar-refractivity contribution in [3.8, 4) is 5.75 Å². The highest BCUT2D eigenvalue weighted by Crippen LogP contribution is 2.38. The minimum Gasteiger partial charge on any atom is -0.497 e. The molecule has 1 aromatic rings. The molecule has 1 aliphatic carbocycles. The maximum absolute atomic E-state index is 7.33. The van der Waals surface area contributed by atoms with Gasteiger partial charge < -0.3 is 14.3 Å². The van der Waals surface area contributed by atoms with Crippen LogP contribution < -0.4 is 4.74 Å². The van der Waals surface area contributed by atoms with E-state index < -0.39 is 0 Å². The number of rotatable bonds is 5. The fourth-order valence-corrected chi connectivity index (χ4v) is 2.64. The van der Waals surface area contributed by atoms with Crippen LogP contribution in [0.25, 0.3) is 4.85 Å².